The molecule has 0 bridgehead atoms. The highest BCUT2D eigenvalue weighted by Crippen LogP contribution is 2.55. The molecule has 2 unspecified atom stereocenters. The van der Waals surface area contributed by atoms with Crippen LogP contribution >= 0.6 is 0 Å². The van der Waals surface area contributed by atoms with Crippen molar-refractivity contribution in [3.05, 3.63) is 59.2 Å². The Morgan fingerprint density at radius 2 is 1.54 bits per heavy atom. The highest BCUT2D eigenvalue weighted by atomic mass is 16.6. The van der Waals surface area contributed by atoms with Crippen molar-refractivity contribution < 1.29 is 9.47 Å². The fourth-order valence-corrected chi connectivity index (χ4v) is 4.52. The lowest BCUT2D eigenvalue weighted by atomic mass is 9.78. The maximum atomic E-state index is 6.81. The van der Waals surface area contributed by atoms with Gasteiger partial charge in [-0.25, -0.2) is 0 Å². The number of hydrogen-bond acceptors (Lipinski definition) is 2. The van der Waals surface area contributed by atoms with Gasteiger partial charge in [-0.05, 0) is 42.4 Å². The van der Waals surface area contributed by atoms with Crippen LogP contribution in [0.2, 0.25) is 0 Å². The quantitative estimate of drug-likeness (QED) is 0.510. The van der Waals surface area contributed by atoms with Gasteiger partial charge in [0.05, 0.1) is 0 Å². The number of allylic oxidation sites excluding steroid dienone is 4. The summed E-state index contributed by atoms with van der Waals surface area (Å²) in [5.41, 5.74) is 3.06. The number of fused-ring (bicyclic) bond motifs is 2. The number of benzene rings is 1. The summed E-state index contributed by atoms with van der Waals surface area (Å²) in [4.78, 5) is 0. The minimum atomic E-state index is -0.469. The van der Waals surface area contributed by atoms with E-state index in [4.69, 9.17) is 9.47 Å². The van der Waals surface area contributed by atoms with E-state index in [0.717, 1.165) is 17.9 Å². The Balaban J connectivity index is 1.83. The maximum Gasteiger partial charge on any atom is 0.166 e. The Morgan fingerprint density at radius 1 is 0.893 bits per heavy atom. The van der Waals surface area contributed by atoms with Gasteiger partial charge in [0.1, 0.15) is 0 Å². The Kier molecular flexibility index (Phi) is 4.00. The van der Waals surface area contributed by atoms with E-state index in [1.165, 1.54) is 16.7 Å². The first-order valence-corrected chi connectivity index (χ1v) is 10.5. The van der Waals surface area contributed by atoms with Gasteiger partial charge in [0, 0.05) is 17.9 Å². The van der Waals surface area contributed by atoms with Gasteiger partial charge in [0.15, 0.2) is 22.7 Å². The van der Waals surface area contributed by atoms with Crippen molar-refractivity contribution in [3.8, 4) is 11.5 Å². The third-order valence-corrected chi connectivity index (χ3v) is 6.61. The van der Waals surface area contributed by atoms with Gasteiger partial charge in [0.2, 0.25) is 0 Å². The molecular formula is C26H34O2. The average molecular weight is 379 g/mol. The maximum absolute atomic E-state index is 6.81. The van der Waals surface area contributed by atoms with Crippen molar-refractivity contribution >= 4 is 0 Å². The van der Waals surface area contributed by atoms with E-state index in [2.05, 4.69) is 97.9 Å². The van der Waals surface area contributed by atoms with E-state index in [1.807, 2.05) is 0 Å². The molecule has 1 heterocycles. The number of hydrogen-bond donors (Lipinski definition) is 0. The largest absolute Gasteiger partial charge is 0.479 e. The highest BCUT2D eigenvalue weighted by molar-refractivity contribution is 5.57. The molecule has 28 heavy (non-hydrogen) atoms. The molecule has 0 N–H and O–H groups in total. The van der Waals surface area contributed by atoms with Crippen LogP contribution in [0.15, 0.2) is 48.1 Å². The lowest BCUT2D eigenvalue weighted by Crippen LogP contribution is -2.56. The normalized spacial score (nSPS) is 29.2. The molecule has 4 rings (SSSR count). The van der Waals surface area contributed by atoms with Crippen molar-refractivity contribution in [1.29, 1.82) is 0 Å². The molecule has 2 atom stereocenters. The molecule has 0 spiro atoms. The zero-order valence-corrected chi connectivity index (χ0v) is 18.6. The molecule has 0 amide bonds. The molecule has 0 radical (unpaired) electrons. The zero-order chi connectivity index (χ0) is 20.5. The van der Waals surface area contributed by atoms with Gasteiger partial charge in [-0.1, -0.05) is 77.5 Å². The monoisotopic (exact) mass is 378 g/mol. The predicted octanol–water partition coefficient (Wildman–Crippen LogP) is 6.64. The SMILES string of the molecule is CC(C)(C)c1cc2c(c(C(C)(C)C)c1)OC1(C)C=C(C3C=CC=C3)CC1(C)O2. The fourth-order valence-electron chi connectivity index (χ4n) is 4.52. The summed E-state index contributed by atoms with van der Waals surface area (Å²) in [6, 6.07) is 4.51. The second-order valence-corrected chi connectivity index (χ2v) is 11.1. The van der Waals surface area contributed by atoms with Crippen molar-refractivity contribution in [1.82, 2.24) is 0 Å². The van der Waals surface area contributed by atoms with Gasteiger partial charge in [-0.15, -0.1) is 0 Å². The molecule has 0 saturated heterocycles. The van der Waals surface area contributed by atoms with Crippen LogP contribution in [0.25, 0.3) is 0 Å². The minimum Gasteiger partial charge on any atom is -0.479 e. The van der Waals surface area contributed by atoms with E-state index in [1.54, 1.807) is 0 Å². The summed E-state index contributed by atoms with van der Waals surface area (Å²) in [6.45, 7) is 17.9. The van der Waals surface area contributed by atoms with Gasteiger partial charge < -0.3 is 9.47 Å². The van der Waals surface area contributed by atoms with Crippen LogP contribution in [-0.2, 0) is 10.8 Å². The Morgan fingerprint density at radius 3 is 2.11 bits per heavy atom. The average Bonchev–Trinajstić information content (AvgIpc) is 3.14. The van der Waals surface area contributed by atoms with Crippen molar-refractivity contribution in [3.63, 3.8) is 0 Å². The second-order valence-electron chi connectivity index (χ2n) is 11.1. The van der Waals surface area contributed by atoms with Crippen LogP contribution in [0.5, 0.6) is 11.5 Å². The molecule has 2 nitrogen and oxygen atoms in total. The molecule has 2 heteroatoms. The lowest BCUT2D eigenvalue weighted by Gasteiger charge is -2.47. The molecule has 150 valence electrons. The number of ether oxygens (including phenoxy) is 2. The zero-order valence-electron chi connectivity index (χ0n) is 18.6. The molecule has 1 aromatic carbocycles. The van der Waals surface area contributed by atoms with Crippen LogP contribution in [0.4, 0.5) is 0 Å². The molecule has 1 aliphatic heterocycles. The van der Waals surface area contributed by atoms with E-state index in [9.17, 15) is 0 Å². The van der Waals surface area contributed by atoms with Gasteiger partial charge in [-0.3, -0.25) is 0 Å². The molecule has 0 saturated carbocycles. The summed E-state index contributed by atoms with van der Waals surface area (Å²) in [6.07, 6.45) is 11.9. The van der Waals surface area contributed by atoms with E-state index < -0.39 is 11.2 Å². The standard InChI is InChI=1S/C26H34O2/c1-23(2,3)19-13-20(24(4,5)6)22-21(14-19)27-25(7)15-18(16-26(25,8)28-22)17-11-9-10-12-17/h9-14,16-17H,15H2,1-8H3. The molecular weight excluding hydrogens is 344 g/mol. The highest BCUT2D eigenvalue weighted by Gasteiger charge is 2.56. The first kappa shape index (κ1) is 19.4. The Bertz CT molecular complexity index is 892. The first-order chi connectivity index (χ1) is 12.8. The third kappa shape index (κ3) is 2.93. The van der Waals surface area contributed by atoms with Crippen LogP contribution < -0.4 is 9.47 Å². The molecule has 3 aliphatic rings. The summed E-state index contributed by atoms with van der Waals surface area (Å²) in [7, 11) is 0. The van der Waals surface area contributed by atoms with Crippen LogP contribution in [-0.4, -0.2) is 11.2 Å². The molecule has 0 fully saturated rings. The smallest absolute Gasteiger partial charge is 0.166 e. The summed E-state index contributed by atoms with van der Waals surface area (Å²) in [5.74, 6) is 2.17. The van der Waals surface area contributed by atoms with E-state index in [0.29, 0.717) is 5.92 Å². The summed E-state index contributed by atoms with van der Waals surface area (Å²) in [5, 5.41) is 0. The minimum absolute atomic E-state index is 0.0269. The lowest BCUT2D eigenvalue weighted by molar-refractivity contribution is -0.0831. The van der Waals surface area contributed by atoms with Crippen molar-refractivity contribution in [2.75, 3.05) is 0 Å². The summed E-state index contributed by atoms with van der Waals surface area (Å²) < 4.78 is 13.6. The predicted molar refractivity (Wildman–Crippen MR) is 116 cm³/mol. The van der Waals surface area contributed by atoms with Crippen LogP contribution in [0.1, 0.15) is 72.9 Å². The van der Waals surface area contributed by atoms with Crippen molar-refractivity contribution in [2.24, 2.45) is 5.92 Å². The van der Waals surface area contributed by atoms with Gasteiger partial charge in [-0.2, -0.15) is 0 Å². The van der Waals surface area contributed by atoms with Crippen molar-refractivity contribution in [2.45, 2.75) is 83.8 Å². The Hall–Kier alpha value is -1.96. The molecule has 2 aliphatic carbocycles. The first-order valence-electron chi connectivity index (χ1n) is 10.5. The van der Waals surface area contributed by atoms with Gasteiger partial charge in [0.25, 0.3) is 0 Å². The van der Waals surface area contributed by atoms with E-state index >= 15 is 0 Å². The van der Waals surface area contributed by atoms with E-state index in [-0.39, 0.29) is 10.8 Å². The Labute approximate surface area is 170 Å². The van der Waals surface area contributed by atoms with Crippen LogP contribution in [0.3, 0.4) is 0 Å². The topological polar surface area (TPSA) is 18.5 Å². The summed E-state index contributed by atoms with van der Waals surface area (Å²) >= 11 is 0. The van der Waals surface area contributed by atoms with Crippen LogP contribution in [0, 0.1) is 5.92 Å². The van der Waals surface area contributed by atoms with Gasteiger partial charge >= 0.3 is 0 Å². The fraction of sp³-hybridized carbons (Fsp3) is 0.538. The molecule has 0 aromatic heterocycles. The molecule has 1 aromatic rings. The number of rotatable bonds is 1. The third-order valence-electron chi connectivity index (χ3n) is 6.61. The second kappa shape index (κ2) is 5.78.